The Labute approximate surface area is 93.3 Å². The van der Waals surface area contributed by atoms with Crippen molar-refractivity contribution in [3.8, 4) is 11.3 Å². The van der Waals surface area contributed by atoms with Crippen molar-refractivity contribution >= 4 is 12.6 Å². The van der Waals surface area contributed by atoms with Crippen LogP contribution >= 0.6 is 0 Å². The van der Waals surface area contributed by atoms with Crippen molar-refractivity contribution in [3.63, 3.8) is 0 Å². The minimum absolute atomic E-state index is 0.346. The molecule has 3 rings (SSSR count). The highest BCUT2D eigenvalue weighted by Crippen LogP contribution is 2.16. The van der Waals surface area contributed by atoms with Gasteiger partial charge in [-0.1, -0.05) is 35.5 Å². The summed E-state index contributed by atoms with van der Waals surface area (Å²) < 4.78 is 15.9. The molecule has 0 bridgehead atoms. The average molecular weight is 215 g/mol. The summed E-state index contributed by atoms with van der Waals surface area (Å²) in [5, 5.41) is 4.00. The predicted octanol–water partition coefficient (Wildman–Crippen LogP) is 1.08. The van der Waals surface area contributed by atoms with Gasteiger partial charge in [0.1, 0.15) is 12.0 Å². The minimum Gasteiger partial charge on any atom is -0.405 e. The summed E-state index contributed by atoms with van der Waals surface area (Å²) in [7, 11) is -0.346. The van der Waals surface area contributed by atoms with Crippen LogP contribution in [0.25, 0.3) is 11.3 Å². The molecule has 2 aromatic rings. The quantitative estimate of drug-likeness (QED) is 0.703. The van der Waals surface area contributed by atoms with Gasteiger partial charge in [-0.25, -0.2) is 0 Å². The topological polar surface area (TPSA) is 44.5 Å². The molecule has 0 N–H and O–H groups in total. The Balaban J connectivity index is 1.99. The third kappa shape index (κ3) is 1.64. The standard InChI is InChI=1S/C11H10BNO3/c1-2-4-9(5-3-1)11-10(8-16-13-11)12-14-6-7-15-12/h1-5,8H,6-7H2. The van der Waals surface area contributed by atoms with Crippen molar-refractivity contribution in [1.29, 1.82) is 0 Å². The summed E-state index contributed by atoms with van der Waals surface area (Å²) in [5.41, 5.74) is 2.64. The zero-order valence-electron chi connectivity index (χ0n) is 8.63. The molecule has 0 aliphatic carbocycles. The number of hydrogen-bond acceptors (Lipinski definition) is 4. The van der Waals surface area contributed by atoms with Gasteiger partial charge < -0.3 is 13.8 Å². The molecule has 0 saturated carbocycles. The Kier molecular flexibility index (Phi) is 2.48. The van der Waals surface area contributed by atoms with Crippen molar-refractivity contribution in [1.82, 2.24) is 5.16 Å². The van der Waals surface area contributed by atoms with Gasteiger partial charge in [-0.15, -0.1) is 0 Å². The van der Waals surface area contributed by atoms with Gasteiger partial charge in [0.2, 0.25) is 0 Å². The molecule has 0 spiro atoms. The molecule has 1 saturated heterocycles. The maximum atomic E-state index is 5.44. The Morgan fingerprint density at radius 3 is 2.56 bits per heavy atom. The maximum absolute atomic E-state index is 5.44. The van der Waals surface area contributed by atoms with Crippen molar-refractivity contribution in [2.24, 2.45) is 0 Å². The van der Waals surface area contributed by atoms with E-state index in [4.69, 9.17) is 13.8 Å². The molecular formula is C11H10BNO3. The highest BCUT2D eigenvalue weighted by atomic mass is 16.6. The van der Waals surface area contributed by atoms with Crippen LogP contribution in [0.5, 0.6) is 0 Å². The van der Waals surface area contributed by atoms with Crippen LogP contribution in [0.1, 0.15) is 0 Å². The molecule has 16 heavy (non-hydrogen) atoms. The summed E-state index contributed by atoms with van der Waals surface area (Å²) in [5.74, 6) is 0. The summed E-state index contributed by atoms with van der Waals surface area (Å²) in [6.07, 6.45) is 1.58. The van der Waals surface area contributed by atoms with Crippen LogP contribution in [0.2, 0.25) is 0 Å². The van der Waals surface area contributed by atoms with Crippen LogP contribution in [0, 0.1) is 0 Å². The van der Waals surface area contributed by atoms with Gasteiger partial charge in [0.15, 0.2) is 0 Å². The Hall–Kier alpha value is -1.59. The van der Waals surface area contributed by atoms with Crippen LogP contribution in [-0.2, 0) is 9.31 Å². The lowest BCUT2D eigenvalue weighted by Crippen LogP contribution is -2.32. The second-order valence-corrected chi connectivity index (χ2v) is 3.56. The van der Waals surface area contributed by atoms with Gasteiger partial charge in [0.05, 0.1) is 18.7 Å². The van der Waals surface area contributed by atoms with Crippen LogP contribution in [0.15, 0.2) is 41.1 Å². The smallest absolute Gasteiger partial charge is 0.405 e. The lowest BCUT2D eigenvalue weighted by atomic mass is 9.78. The zero-order chi connectivity index (χ0) is 10.8. The Bertz CT molecular complexity index is 465. The Morgan fingerprint density at radius 1 is 1.06 bits per heavy atom. The first-order valence-corrected chi connectivity index (χ1v) is 5.18. The van der Waals surface area contributed by atoms with Crippen molar-refractivity contribution in [3.05, 3.63) is 36.6 Å². The van der Waals surface area contributed by atoms with Crippen LogP contribution in [0.3, 0.4) is 0 Å². The Morgan fingerprint density at radius 2 is 1.81 bits per heavy atom. The molecule has 1 aliphatic rings. The van der Waals surface area contributed by atoms with Crippen LogP contribution in [-0.4, -0.2) is 25.5 Å². The van der Waals surface area contributed by atoms with E-state index in [0.717, 1.165) is 16.7 Å². The third-order valence-corrected chi connectivity index (χ3v) is 2.52. The van der Waals surface area contributed by atoms with E-state index >= 15 is 0 Å². The van der Waals surface area contributed by atoms with Crippen molar-refractivity contribution < 1.29 is 13.8 Å². The first kappa shape index (κ1) is 9.63. The molecule has 1 fully saturated rings. The average Bonchev–Trinajstić information content (AvgIpc) is 3.01. The van der Waals surface area contributed by atoms with E-state index in [-0.39, 0.29) is 7.12 Å². The summed E-state index contributed by atoms with van der Waals surface area (Å²) in [6.45, 7) is 1.23. The normalized spacial score (nSPS) is 15.6. The van der Waals surface area contributed by atoms with E-state index in [1.165, 1.54) is 0 Å². The fourth-order valence-electron chi connectivity index (χ4n) is 1.76. The number of aromatic nitrogens is 1. The highest BCUT2D eigenvalue weighted by molar-refractivity contribution is 6.63. The fourth-order valence-corrected chi connectivity index (χ4v) is 1.76. The highest BCUT2D eigenvalue weighted by Gasteiger charge is 2.31. The molecule has 80 valence electrons. The SMILES string of the molecule is c1ccc(-c2nocc2B2OCCO2)cc1. The first-order chi connectivity index (χ1) is 7.95. The molecular weight excluding hydrogens is 205 g/mol. The molecule has 0 atom stereocenters. The molecule has 1 aromatic heterocycles. The van der Waals surface area contributed by atoms with Crippen molar-refractivity contribution in [2.75, 3.05) is 13.2 Å². The second-order valence-electron chi connectivity index (χ2n) is 3.56. The third-order valence-electron chi connectivity index (χ3n) is 2.52. The molecule has 5 heteroatoms. The summed E-state index contributed by atoms with van der Waals surface area (Å²) in [6, 6.07) is 9.85. The largest absolute Gasteiger partial charge is 0.499 e. The molecule has 0 unspecified atom stereocenters. The molecule has 0 amide bonds. The van der Waals surface area contributed by atoms with Gasteiger partial charge in [0, 0.05) is 5.56 Å². The van der Waals surface area contributed by atoms with E-state index < -0.39 is 0 Å². The number of benzene rings is 1. The minimum atomic E-state index is -0.346. The summed E-state index contributed by atoms with van der Waals surface area (Å²) in [4.78, 5) is 0. The second kappa shape index (κ2) is 4.12. The van der Waals surface area contributed by atoms with E-state index in [1.807, 2.05) is 30.3 Å². The van der Waals surface area contributed by atoms with Gasteiger partial charge in [0.25, 0.3) is 0 Å². The van der Waals surface area contributed by atoms with Gasteiger partial charge in [-0.2, -0.15) is 0 Å². The predicted molar refractivity (Wildman–Crippen MR) is 59.2 cm³/mol. The lowest BCUT2D eigenvalue weighted by molar-refractivity contribution is 0.365. The molecule has 1 aromatic carbocycles. The molecule has 2 heterocycles. The summed E-state index contributed by atoms with van der Waals surface area (Å²) >= 11 is 0. The molecule has 4 nitrogen and oxygen atoms in total. The monoisotopic (exact) mass is 215 g/mol. The van der Waals surface area contributed by atoms with E-state index in [9.17, 15) is 0 Å². The van der Waals surface area contributed by atoms with E-state index in [2.05, 4.69) is 5.16 Å². The number of rotatable bonds is 2. The molecule has 1 aliphatic heterocycles. The number of hydrogen-bond donors (Lipinski definition) is 0. The first-order valence-electron chi connectivity index (χ1n) is 5.18. The van der Waals surface area contributed by atoms with Gasteiger partial charge in [-0.05, 0) is 0 Å². The lowest BCUT2D eigenvalue weighted by Gasteiger charge is -2.02. The fraction of sp³-hybridized carbons (Fsp3) is 0.182. The van der Waals surface area contributed by atoms with Crippen molar-refractivity contribution in [2.45, 2.75) is 0 Å². The van der Waals surface area contributed by atoms with Gasteiger partial charge in [-0.3, -0.25) is 0 Å². The van der Waals surface area contributed by atoms with Gasteiger partial charge >= 0.3 is 7.12 Å². The molecule has 0 radical (unpaired) electrons. The van der Waals surface area contributed by atoms with Crippen LogP contribution in [0.4, 0.5) is 0 Å². The maximum Gasteiger partial charge on any atom is 0.499 e. The van der Waals surface area contributed by atoms with E-state index in [0.29, 0.717) is 13.2 Å². The van der Waals surface area contributed by atoms with E-state index in [1.54, 1.807) is 6.26 Å². The van der Waals surface area contributed by atoms with Crippen LogP contribution < -0.4 is 5.46 Å². The zero-order valence-corrected chi connectivity index (χ0v) is 8.63. The number of nitrogens with zero attached hydrogens (tertiary/aromatic N) is 1.